The van der Waals surface area contributed by atoms with E-state index in [1.54, 1.807) is 0 Å². The summed E-state index contributed by atoms with van der Waals surface area (Å²) in [5.74, 6) is 25.4. The molecule has 0 amide bonds. The van der Waals surface area contributed by atoms with Crippen LogP contribution in [0.25, 0.3) is 0 Å². The monoisotopic (exact) mass is 1380 g/mol. The van der Waals surface area contributed by atoms with Crippen molar-refractivity contribution in [1.82, 2.24) is 0 Å². The topological polar surface area (TPSA) is 140 Å². The Morgan fingerprint density at radius 1 is 0.500 bits per heavy atom. The van der Waals surface area contributed by atoms with Crippen LogP contribution in [0, 0.1) is 121 Å². The second-order valence-corrected chi connectivity index (χ2v) is 36.7. The van der Waals surface area contributed by atoms with Gasteiger partial charge in [0.15, 0.2) is 17.3 Å². The SMILES string of the molecule is CC#C[C@]1(O)CC[C@H]2[C@@H]3CCC4=CC(=O)CC[C@]4(C)[C@H]3[C@@H](c3ccc(NCCC#C[C@]4(O)CC[C@H]5[C@@H]6CCC7=CC(=O)CC[C@]7(C)[C@H]6[C@@H](c6ccc(N(CCOCC#C[C@]7(O)CC[C@H]8[C@@H]9CCC%10=CC(=O)CC[C@]%10(C)[C@H]9[C@@H](c9ccc(N(C)C)cc9)C[C@@]87C)C(C)C)cc6)C[C@@]54C)cc3)C[C@@]21C. The quantitative estimate of drug-likeness (QED) is 0.0966. The smallest absolute Gasteiger partial charge is 0.155 e. The van der Waals surface area contributed by atoms with Gasteiger partial charge in [0, 0.05) is 92.2 Å². The Morgan fingerprint density at radius 2 is 0.882 bits per heavy atom. The van der Waals surface area contributed by atoms with Gasteiger partial charge in [-0.2, -0.15) is 0 Å². The van der Waals surface area contributed by atoms with Crippen LogP contribution in [-0.2, 0) is 19.1 Å². The maximum Gasteiger partial charge on any atom is 0.155 e. The number of hydrogen-bond acceptors (Lipinski definition) is 10. The van der Waals surface area contributed by atoms with E-state index < -0.39 is 27.6 Å². The maximum atomic E-state index is 13.2. The first kappa shape index (κ1) is 71.4. The number of carbonyl (C=O) groups is 3. The predicted octanol–water partition coefficient (Wildman–Crippen LogP) is 17.1. The van der Waals surface area contributed by atoms with Gasteiger partial charge in [-0.05, 0) is 295 Å². The van der Waals surface area contributed by atoms with Crippen molar-refractivity contribution in [2.24, 2.45) is 85.8 Å². The van der Waals surface area contributed by atoms with E-state index in [9.17, 15) is 29.7 Å². The van der Waals surface area contributed by atoms with Crippen molar-refractivity contribution in [1.29, 1.82) is 0 Å². The Kier molecular flexibility index (Phi) is 18.5. The molecule has 12 aliphatic rings. The Balaban J connectivity index is 0.616. The van der Waals surface area contributed by atoms with Gasteiger partial charge < -0.3 is 35.2 Å². The van der Waals surface area contributed by atoms with Crippen LogP contribution in [0.1, 0.15) is 238 Å². The lowest BCUT2D eigenvalue weighted by Gasteiger charge is -2.61. The molecule has 4 N–H and O–H groups in total. The van der Waals surface area contributed by atoms with Crippen LogP contribution >= 0.6 is 0 Å². The van der Waals surface area contributed by atoms with Crippen molar-refractivity contribution in [3.8, 4) is 35.5 Å². The van der Waals surface area contributed by atoms with Gasteiger partial charge >= 0.3 is 0 Å². The van der Waals surface area contributed by atoms with Gasteiger partial charge in [-0.1, -0.05) is 124 Å². The fourth-order valence-corrected chi connectivity index (χ4v) is 26.5. The summed E-state index contributed by atoms with van der Waals surface area (Å²) in [6.45, 7) is 22.8. The Labute approximate surface area is 610 Å². The Bertz CT molecular complexity index is 4070. The number of allylic oxidation sites excluding steroid dienone is 3. The van der Waals surface area contributed by atoms with Crippen molar-refractivity contribution in [3.05, 3.63) is 124 Å². The summed E-state index contributed by atoms with van der Waals surface area (Å²) in [5.41, 5.74) is 6.78. The van der Waals surface area contributed by atoms with Gasteiger partial charge in [0.05, 0.1) is 6.61 Å². The fourth-order valence-electron chi connectivity index (χ4n) is 26.5. The van der Waals surface area contributed by atoms with Crippen molar-refractivity contribution >= 4 is 34.4 Å². The number of nitrogens with zero attached hydrogens (tertiary/aromatic N) is 2. The molecule has 0 radical (unpaired) electrons. The summed E-state index contributed by atoms with van der Waals surface area (Å²) in [7, 11) is 4.17. The number of ether oxygens (including phenoxy) is 1. The molecular formula is C92H117N3O7. The highest BCUT2D eigenvalue weighted by Gasteiger charge is 2.70. The molecule has 9 fully saturated rings. The van der Waals surface area contributed by atoms with Gasteiger partial charge in [0.2, 0.25) is 0 Å². The summed E-state index contributed by atoms with van der Waals surface area (Å²) < 4.78 is 6.40. The van der Waals surface area contributed by atoms with Gasteiger partial charge in [-0.25, -0.2) is 0 Å². The molecular weight excluding hydrogens is 1260 g/mol. The zero-order valence-corrected chi connectivity index (χ0v) is 63.4. The number of aliphatic hydroxyl groups is 3. The first-order valence-electron chi connectivity index (χ1n) is 40.0. The van der Waals surface area contributed by atoms with Gasteiger partial charge in [0.1, 0.15) is 23.4 Å². The highest BCUT2D eigenvalue weighted by molar-refractivity contribution is 5.93. The summed E-state index contributed by atoms with van der Waals surface area (Å²) >= 11 is 0. The molecule has 0 aromatic heterocycles. The minimum absolute atomic E-state index is 0.0368. The van der Waals surface area contributed by atoms with Crippen molar-refractivity contribution in [2.75, 3.05) is 55.5 Å². The molecule has 3 aromatic rings. The second kappa shape index (κ2) is 26.4. The number of benzene rings is 3. The van der Waals surface area contributed by atoms with Crippen LogP contribution in [-0.4, -0.2) is 95.9 Å². The predicted molar refractivity (Wildman–Crippen MR) is 408 cm³/mol. The van der Waals surface area contributed by atoms with Crippen LogP contribution in [0.15, 0.2) is 108 Å². The van der Waals surface area contributed by atoms with Gasteiger partial charge in [-0.3, -0.25) is 14.4 Å². The maximum absolute atomic E-state index is 13.2. The third-order valence-electron chi connectivity index (χ3n) is 31.8. The minimum Gasteiger partial charge on any atom is -0.384 e. The van der Waals surface area contributed by atoms with Crippen molar-refractivity contribution < 1.29 is 34.4 Å². The molecule has 0 unspecified atom stereocenters. The number of nitrogens with one attached hydrogen (secondary N) is 1. The molecule has 21 atom stereocenters. The Morgan fingerprint density at radius 3 is 1.27 bits per heavy atom. The summed E-state index contributed by atoms with van der Waals surface area (Å²) in [6.07, 6.45) is 24.6. The summed E-state index contributed by atoms with van der Waals surface area (Å²) in [6, 6.07) is 27.8. The van der Waals surface area contributed by atoms with Crippen LogP contribution in [0.2, 0.25) is 0 Å². The molecule has 10 nitrogen and oxygen atoms in total. The molecule has 0 aliphatic heterocycles. The largest absolute Gasteiger partial charge is 0.384 e. The summed E-state index contributed by atoms with van der Waals surface area (Å²) in [4.78, 5) is 43.4. The zero-order valence-electron chi connectivity index (χ0n) is 63.4. The number of fused-ring (bicyclic) bond motifs is 15. The molecule has 542 valence electrons. The average Bonchev–Trinajstić information content (AvgIpc) is 1.38. The molecule has 3 aromatic carbocycles. The fraction of sp³-hybridized carbons (Fsp3) is 0.641. The van der Waals surface area contributed by atoms with E-state index >= 15 is 0 Å². The molecule has 0 bridgehead atoms. The third kappa shape index (κ3) is 11.4. The van der Waals surface area contributed by atoms with Crippen LogP contribution in [0.5, 0.6) is 0 Å². The average molecular weight is 1380 g/mol. The third-order valence-corrected chi connectivity index (χ3v) is 31.8. The lowest BCUT2D eigenvalue weighted by atomic mass is 9.43. The van der Waals surface area contributed by atoms with E-state index in [-0.39, 0.29) is 69.4 Å². The Hall–Kier alpha value is -6.19. The lowest BCUT2D eigenvalue weighted by Crippen LogP contribution is -2.57. The van der Waals surface area contributed by atoms with Crippen LogP contribution in [0.4, 0.5) is 17.1 Å². The highest BCUT2D eigenvalue weighted by Crippen LogP contribution is 2.75. The number of hydrogen-bond donors (Lipinski definition) is 4. The van der Waals surface area contributed by atoms with E-state index in [1.165, 1.54) is 39.1 Å². The second-order valence-electron chi connectivity index (χ2n) is 36.7. The van der Waals surface area contributed by atoms with Crippen molar-refractivity contribution in [3.63, 3.8) is 0 Å². The highest BCUT2D eigenvalue weighted by atomic mass is 16.5. The number of carbonyl (C=O) groups excluding carboxylic acids is 3. The zero-order chi connectivity index (χ0) is 71.7. The molecule has 15 rings (SSSR count). The molecule has 12 aliphatic carbocycles. The first-order valence-corrected chi connectivity index (χ1v) is 40.0. The standard InChI is InChI=1S/C92H117N3O7/c1-12-40-90(99)46-37-78-72-31-22-63-53-69(96)34-43-84(63,4)81(72)75(56-87(78,90)7)60-16-25-66(26-17-60)93-49-14-13-41-91(100)47-38-79-73-32-23-65-55-71(98)36-45-86(65,6)83(73)77(57-88(79,91)8)62-20-29-68(30-21-62)95(59(2)3)50-52-102-51-15-42-92(101)48-39-80-74-33-24-64-54-70(97)35-44-85(64,5)82(74)76(58-89(80,92)9)61-18-27-67(28-19-61)94(10)11/h16-21,25-30,53-55,59,72-83,93,99-101H,14,22-24,31-39,43-52,56-58H2,1-11H3/t72-,73-,74-,75+,76+,77+,78-,79-,80-,81+,82+,83+,84-,85-,86-,87-,88-,89-,90-,91-,92-/m0/s1. The number of anilines is 3. The first-order chi connectivity index (χ1) is 48.6. The number of rotatable bonds is 13. The van der Waals surface area contributed by atoms with Crippen LogP contribution < -0.4 is 15.1 Å². The lowest BCUT2D eigenvalue weighted by molar-refractivity contribution is -0.122. The van der Waals surface area contributed by atoms with E-state index in [0.717, 1.165) is 114 Å². The minimum atomic E-state index is -1.13. The van der Waals surface area contributed by atoms with Crippen LogP contribution in [0.3, 0.4) is 0 Å². The van der Waals surface area contributed by atoms with E-state index in [1.807, 2.05) is 25.2 Å². The summed E-state index contributed by atoms with van der Waals surface area (Å²) in [5, 5.41) is 42.1. The van der Waals surface area contributed by atoms with Crippen molar-refractivity contribution in [2.45, 2.75) is 244 Å². The molecule has 102 heavy (non-hydrogen) atoms. The van der Waals surface area contributed by atoms with E-state index in [4.69, 9.17) is 4.74 Å². The van der Waals surface area contributed by atoms with E-state index in [0.29, 0.717) is 111 Å². The van der Waals surface area contributed by atoms with E-state index in [2.05, 4.69) is 193 Å². The molecule has 10 heteroatoms. The molecule has 0 heterocycles. The molecule has 9 saturated carbocycles. The van der Waals surface area contributed by atoms with Gasteiger partial charge in [-0.15, -0.1) is 5.92 Å². The number of ketones is 3. The normalized spacial score (nSPS) is 41.3. The molecule has 0 spiro atoms. The molecule has 0 saturated heterocycles. The van der Waals surface area contributed by atoms with Gasteiger partial charge in [0.25, 0.3) is 0 Å².